The molecule has 1 amide bonds. The normalized spacial score (nSPS) is 12.4. The number of amides is 1. The van der Waals surface area contributed by atoms with Crippen LogP contribution in [0, 0.1) is 0 Å². The van der Waals surface area contributed by atoms with Crippen molar-refractivity contribution >= 4 is 5.91 Å². The Morgan fingerprint density at radius 2 is 1.56 bits per heavy atom. The summed E-state index contributed by atoms with van der Waals surface area (Å²) in [6.07, 6.45) is 10.8. The summed E-state index contributed by atoms with van der Waals surface area (Å²) in [7, 11) is 0. The largest absolute Gasteiger partial charge is 0.377 e. The van der Waals surface area contributed by atoms with Gasteiger partial charge >= 0.3 is 0 Å². The first kappa shape index (κ1) is 17.4. The van der Waals surface area contributed by atoms with Crippen LogP contribution in [0.25, 0.3) is 0 Å². The molecule has 0 bridgehead atoms. The highest BCUT2D eigenvalue weighted by Crippen LogP contribution is 2.10. The van der Waals surface area contributed by atoms with Crippen LogP contribution in [0.2, 0.25) is 0 Å². The first-order valence-corrected chi connectivity index (χ1v) is 7.37. The molecular weight excluding hydrogens is 228 g/mol. The maximum Gasteiger partial charge on any atom is 0.220 e. The van der Waals surface area contributed by atoms with Gasteiger partial charge in [0.05, 0.1) is 6.54 Å². The Kier molecular flexibility index (Phi) is 12.4. The molecule has 0 aromatic carbocycles. The van der Waals surface area contributed by atoms with Crippen molar-refractivity contribution in [1.82, 2.24) is 5.32 Å². The fourth-order valence-corrected chi connectivity index (χ4v) is 1.90. The van der Waals surface area contributed by atoms with Crippen molar-refractivity contribution in [3.8, 4) is 0 Å². The highest BCUT2D eigenvalue weighted by atomic mass is 16.3. The molecular formula is C14H30N2O2. The highest BCUT2D eigenvalue weighted by Gasteiger charge is 2.02. The van der Waals surface area contributed by atoms with Crippen molar-refractivity contribution in [2.45, 2.75) is 77.4 Å². The first-order chi connectivity index (χ1) is 8.66. The summed E-state index contributed by atoms with van der Waals surface area (Å²) in [6.45, 7) is 2.38. The van der Waals surface area contributed by atoms with E-state index in [1.807, 2.05) is 0 Å². The highest BCUT2D eigenvalue weighted by molar-refractivity contribution is 5.75. The molecule has 0 aliphatic carbocycles. The Bertz CT molecular complexity index is 196. The second kappa shape index (κ2) is 12.8. The Morgan fingerprint density at radius 1 is 1.06 bits per heavy atom. The molecule has 4 nitrogen and oxygen atoms in total. The van der Waals surface area contributed by atoms with E-state index in [1.165, 1.54) is 44.9 Å². The van der Waals surface area contributed by atoms with Crippen LogP contribution < -0.4 is 11.1 Å². The van der Waals surface area contributed by atoms with Crippen LogP contribution in [-0.4, -0.2) is 23.8 Å². The summed E-state index contributed by atoms with van der Waals surface area (Å²) in [6, 6.07) is 0. The summed E-state index contributed by atoms with van der Waals surface area (Å²) in [5.41, 5.74) is 5.13. The Morgan fingerprint density at radius 3 is 2.06 bits per heavy atom. The van der Waals surface area contributed by atoms with Gasteiger partial charge in [-0.25, -0.2) is 0 Å². The monoisotopic (exact) mass is 258 g/mol. The van der Waals surface area contributed by atoms with E-state index in [2.05, 4.69) is 12.2 Å². The number of hydrogen-bond donors (Lipinski definition) is 3. The number of nitrogens with two attached hydrogens (primary N) is 1. The van der Waals surface area contributed by atoms with Crippen molar-refractivity contribution < 1.29 is 9.90 Å². The second-order valence-corrected chi connectivity index (χ2v) is 4.95. The molecule has 0 saturated carbocycles. The molecule has 0 aromatic heterocycles. The fourth-order valence-electron chi connectivity index (χ4n) is 1.90. The van der Waals surface area contributed by atoms with E-state index in [4.69, 9.17) is 10.8 Å². The smallest absolute Gasteiger partial charge is 0.220 e. The van der Waals surface area contributed by atoms with Gasteiger partial charge in [0, 0.05) is 6.42 Å². The second-order valence-electron chi connectivity index (χ2n) is 4.95. The van der Waals surface area contributed by atoms with Gasteiger partial charge in [0.1, 0.15) is 6.23 Å². The molecule has 0 aliphatic heterocycles. The zero-order valence-electron chi connectivity index (χ0n) is 11.8. The molecule has 4 N–H and O–H groups in total. The van der Waals surface area contributed by atoms with Crippen LogP contribution in [0.4, 0.5) is 0 Å². The minimum Gasteiger partial charge on any atom is -0.377 e. The van der Waals surface area contributed by atoms with Gasteiger partial charge in [-0.2, -0.15) is 0 Å². The average Bonchev–Trinajstić information content (AvgIpc) is 2.34. The molecule has 4 heteroatoms. The predicted molar refractivity (Wildman–Crippen MR) is 75.0 cm³/mol. The third-order valence-corrected chi connectivity index (χ3v) is 3.02. The van der Waals surface area contributed by atoms with Crippen LogP contribution in [0.3, 0.4) is 0 Å². The third-order valence-electron chi connectivity index (χ3n) is 3.02. The van der Waals surface area contributed by atoms with Gasteiger partial charge in [0.15, 0.2) is 0 Å². The average molecular weight is 258 g/mol. The van der Waals surface area contributed by atoms with E-state index in [-0.39, 0.29) is 12.5 Å². The van der Waals surface area contributed by atoms with Crippen LogP contribution in [0.1, 0.15) is 71.1 Å². The van der Waals surface area contributed by atoms with Crippen molar-refractivity contribution in [3.05, 3.63) is 0 Å². The molecule has 0 fully saturated rings. The van der Waals surface area contributed by atoms with Crippen LogP contribution in [0.5, 0.6) is 0 Å². The number of nitrogens with one attached hydrogen (secondary N) is 1. The summed E-state index contributed by atoms with van der Waals surface area (Å²) < 4.78 is 0. The van der Waals surface area contributed by atoms with Gasteiger partial charge in [-0.15, -0.1) is 0 Å². The van der Waals surface area contributed by atoms with E-state index in [9.17, 15) is 4.79 Å². The van der Waals surface area contributed by atoms with Gasteiger partial charge in [0.25, 0.3) is 0 Å². The quantitative estimate of drug-likeness (QED) is 0.371. The van der Waals surface area contributed by atoms with Crippen molar-refractivity contribution in [1.29, 1.82) is 0 Å². The molecule has 18 heavy (non-hydrogen) atoms. The van der Waals surface area contributed by atoms with Crippen molar-refractivity contribution in [2.24, 2.45) is 5.73 Å². The minimum atomic E-state index is -0.947. The first-order valence-electron chi connectivity index (χ1n) is 7.37. The van der Waals surface area contributed by atoms with Gasteiger partial charge in [-0.3, -0.25) is 4.79 Å². The maximum absolute atomic E-state index is 11.3. The Hall–Kier alpha value is -0.610. The van der Waals surface area contributed by atoms with E-state index in [1.54, 1.807) is 0 Å². The summed E-state index contributed by atoms with van der Waals surface area (Å²) in [5.74, 6) is -0.0116. The molecule has 1 unspecified atom stereocenters. The van der Waals surface area contributed by atoms with E-state index in [0.29, 0.717) is 6.42 Å². The molecule has 0 heterocycles. The molecule has 0 radical (unpaired) electrons. The van der Waals surface area contributed by atoms with Gasteiger partial charge in [-0.05, 0) is 6.42 Å². The van der Waals surface area contributed by atoms with Crippen molar-refractivity contribution in [3.63, 3.8) is 0 Å². The van der Waals surface area contributed by atoms with Gasteiger partial charge in [0.2, 0.25) is 5.91 Å². The lowest BCUT2D eigenvalue weighted by Crippen LogP contribution is -2.36. The standard InChI is InChI=1S/C14H30N2O2/c1-2-3-4-5-6-7-8-9-10-11-14(18)16-12-13(15)17/h13,17H,2-12,15H2,1H3,(H,16,18). The zero-order valence-corrected chi connectivity index (χ0v) is 11.8. The molecule has 0 aliphatic rings. The minimum absolute atomic E-state index is 0.0116. The molecule has 0 saturated heterocycles. The SMILES string of the molecule is CCCCCCCCCCCC(=O)NCC(N)O. The van der Waals surface area contributed by atoms with E-state index < -0.39 is 6.23 Å². The number of aliphatic hydroxyl groups is 1. The Labute approximate surface area is 111 Å². The van der Waals surface area contributed by atoms with Crippen molar-refractivity contribution in [2.75, 3.05) is 6.54 Å². The topological polar surface area (TPSA) is 75.4 Å². The van der Waals surface area contributed by atoms with Crippen LogP contribution >= 0.6 is 0 Å². The molecule has 1 atom stereocenters. The number of hydrogen-bond acceptors (Lipinski definition) is 3. The zero-order chi connectivity index (χ0) is 13.6. The van der Waals surface area contributed by atoms with Crippen LogP contribution in [-0.2, 0) is 4.79 Å². The predicted octanol–water partition coefficient (Wildman–Crippen LogP) is 2.30. The maximum atomic E-state index is 11.3. The lowest BCUT2D eigenvalue weighted by molar-refractivity contribution is -0.121. The fraction of sp³-hybridized carbons (Fsp3) is 0.929. The van der Waals surface area contributed by atoms with E-state index in [0.717, 1.165) is 12.8 Å². The van der Waals surface area contributed by atoms with Gasteiger partial charge < -0.3 is 16.2 Å². The number of carbonyl (C=O) groups excluding carboxylic acids is 1. The number of aliphatic hydroxyl groups excluding tert-OH is 1. The Balaban J connectivity index is 3.12. The summed E-state index contributed by atoms with van der Waals surface area (Å²) in [5, 5.41) is 11.4. The number of carbonyl (C=O) groups is 1. The molecule has 0 rings (SSSR count). The lowest BCUT2D eigenvalue weighted by Gasteiger charge is -2.06. The number of unbranched alkanes of at least 4 members (excludes halogenated alkanes) is 8. The summed E-state index contributed by atoms with van der Waals surface area (Å²) >= 11 is 0. The van der Waals surface area contributed by atoms with Crippen LogP contribution in [0.15, 0.2) is 0 Å². The molecule has 0 aromatic rings. The number of rotatable bonds is 12. The third kappa shape index (κ3) is 13.5. The van der Waals surface area contributed by atoms with Gasteiger partial charge in [-0.1, -0.05) is 58.3 Å². The lowest BCUT2D eigenvalue weighted by atomic mass is 10.1. The van der Waals surface area contributed by atoms with E-state index >= 15 is 0 Å². The summed E-state index contributed by atoms with van der Waals surface area (Å²) in [4.78, 5) is 11.3. The molecule has 108 valence electrons. The molecule has 0 spiro atoms.